The monoisotopic (exact) mass is 403 g/mol. The minimum absolute atomic E-state index is 0.0578. The molecule has 28 heavy (non-hydrogen) atoms. The predicted octanol–water partition coefficient (Wildman–Crippen LogP) is 3.29. The number of nitrogens with one attached hydrogen (secondary N) is 1. The first-order valence-corrected chi connectivity index (χ1v) is 10.9. The quantitative estimate of drug-likeness (QED) is 0.769. The van der Waals surface area contributed by atoms with Crippen LogP contribution in [0.2, 0.25) is 0 Å². The number of rotatable bonds is 7. The molecule has 0 bridgehead atoms. The van der Waals surface area contributed by atoms with E-state index in [0.29, 0.717) is 36.8 Å². The Hall–Kier alpha value is -2.74. The highest BCUT2D eigenvalue weighted by atomic mass is 32.2. The molecule has 1 aliphatic rings. The lowest BCUT2D eigenvalue weighted by atomic mass is 10.1. The Kier molecular flexibility index (Phi) is 6.08. The summed E-state index contributed by atoms with van der Waals surface area (Å²) in [6.45, 7) is 3.27. The number of amides is 2. The number of benzene rings is 2. The average Bonchev–Trinajstić information content (AvgIpc) is 2.70. The fraction of sp³-hybridized carbons (Fsp3) is 0.350. The first kappa shape index (κ1) is 20.0. The van der Waals surface area contributed by atoms with Gasteiger partial charge in [-0.15, -0.1) is 0 Å². The Morgan fingerprint density at radius 2 is 1.86 bits per heavy atom. The molecule has 2 amide bonds. The molecular weight excluding hydrogens is 378 g/mol. The fourth-order valence-electron chi connectivity index (χ4n) is 3.15. The highest BCUT2D eigenvalue weighted by Crippen LogP contribution is 2.33. The van der Waals surface area contributed by atoms with Crippen LogP contribution in [0.5, 0.6) is 5.75 Å². The Balaban J connectivity index is 1.90. The van der Waals surface area contributed by atoms with Gasteiger partial charge in [-0.1, -0.05) is 30.3 Å². The standard InChI is InChI=1S/C20H25N3O4S/c1-3-28(25,26)21-18-14-17(27-2)10-11-19(18)23-13-7-12-22(20(23)24)15-16-8-5-4-6-9-16/h4-6,8-11,14,21H,3,7,12-13,15H2,1-2H3. The number of carbonyl (C=O) groups is 1. The van der Waals surface area contributed by atoms with E-state index in [9.17, 15) is 13.2 Å². The number of methoxy groups -OCH3 is 1. The summed E-state index contributed by atoms with van der Waals surface area (Å²) < 4.78 is 32.0. The second-order valence-electron chi connectivity index (χ2n) is 6.58. The summed E-state index contributed by atoms with van der Waals surface area (Å²) >= 11 is 0. The van der Waals surface area contributed by atoms with Crippen molar-refractivity contribution in [1.82, 2.24) is 4.90 Å². The summed E-state index contributed by atoms with van der Waals surface area (Å²) in [7, 11) is -1.98. The van der Waals surface area contributed by atoms with E-state index in [1.807, 2.05) is 30.3 Å². The zero-order chi connectivity index (χ0) is 20.1. The molecular formula is C20H25N3O4S. The van der Waals surface area contributed by atoms with Gasteiger partial charge in [0.05, 0.1) is 24.2 Å². The fourth-order valence-corrected chi connectivity index (χ4v) is 3.80. The minimum Gasteiger partial charge on any atom is -0.497 e. The van der Waals surface area contributed by atoms with Crippen LogP contribution in [0, 0.1) is 0 Å². The molecule has 0 radical (unpaired) electrons. The molecule has 150 valence electrons. The molecule has 7 nitrogen and oxygen atoms in total. The van der Waals surface area contributed by atoms with Crippen molar-refractivity contribution in [2.45, 2.75) is 19.9 Å². The number of ether oxygens (including phenoxy) is 1. The van der Waals surface area contributed by atoms with Crippen LogP contribution in [0.25, 0.3) is 0 Å². The van der Waals surface area contributed by atoms with Crippen LogP contribution >= 0.6 is 0 Å². The van der Waals surface area contributed by atoms with Crippen LogP contribution in [0.4, 0.5) is 16.2 Å². The van der Waals surface area contributed by atoms with E-state index in [1.54, 1.807) is 34.9 Å². The molecule has 1 aliphatic heterocycles. The van der Waals surface area contributed by atoms with Gasteiger partial charge in [-0.3, -0.25) is 9.62 Å². The van der Waals surface area contributed by atoms with Gasteiger partial charge in [-0.25, -0.2) is 13.2 Å². The van der Waals surface area contributed by atoms with Crippen LogP contribution in [0.15, 0.2) is 48.5 Å². The third kappa shape index (κ3) is 4.56. The van der Waals surface area contributed by atoms with E-state index in [2.05, 4.69) is 4.72 Å². The van der Waals surface area contributed by atoms with Gasteiger partial charge in [0, 0.05) is 25.7 Å². The Morgan fingerprint density at radius 1 is 1.11 bits per heavy atom. The molecule has 1 fully saturated rings. The predicted molar refractivity (Wildman–Crippen MR) is 110 cm³/mol. The summed E-state index contributed by atoms with van der Waals surface area (Å²) in [5.74, 6) is 0.459. The molecule has 0 aromatic heterocycles. The van der Waals surface area contributed by atoms with E-state index >= 15 is 0 Å². The molecule has 8 heteroatoms. The van der Waals surface area contributed by atoms with Crippen molar-refractivity contribution in [3.8, 4) is 5.75 Å². The summed E-state index contributed by atoms with van der Waals surface area (Å²) in [6, 6.07) is 14.7. The van der Waals surface area contributed by atoms with Gasteiger partial charge in [0.25, 0.3) is 0 Å². The van der Waals surface area contributed by atoms with Crippen LogP contribution in [-0.2, 0) is 16.6 Å². The van der Waals surface area contributed by atoms with Crippen molar-refractivity contribution < 1.29 is 17.9 Å². The van der Waals surface area contributed by atoms with Gasteiger partial charge in [-0.05, 0) is 31.0 Å². The third-order valence-electron chi connectivity index (χ3n) is 4.67. The van der Waals surface area contributed by atoms with Gasteiger partial charge >= 0.3 is 6.03 Å². The lowest BCUT2D eigenvalue weighted by Crippen LogP contribution is -2.49. The van der Waals surface area contributed by atoms with Crippen LogP contribution in [0.1, 0.15) is 18.9 Å². The second kappa shape index (κ2) is 8.52. The van der Waals surface area contributed by atoms with E-state index in [-0.39, 0.29) is 11.8 Å². The normalized spacial score (nSPS) is 14.9. The van der Waals surface area contributed by atoms with Crippen molar-refractivity contribution in [2.24, 2.45) is 0 Å². The van der Waals surface area contributed by atoms with Gasteiger partial charge < -0.3 is 9.64 Å². The number of hydrogen-bond acceptors (Lipinski definition) is 4. The zero-order valence-corrected chi connectivity index (χ0v) is 16.9. The number of nitrogens with zero attached hydrogens (tertiary/aromatic N) is 2. The van der Waals surface area contributed by atoms with E-state index in [4.69, 9.17) is 4.74 Å². The summed E-state index contributed by atoms with van der Waals surface area (Å²) in [4.78, 5) is 16.5. The maximum Gasteiger partial charge on any atom is 0.324 e. The second-order valence-corrected chi connectivity index (χ2v) is 8.59. The minimum atomic E-state index is -3.50. The van der Waals surface area contributed by atoms with E-state index in [0.717, 1.165) is 12.0 Å². The number of anilines is 2. The summed E-state index contributed by atoms with van der Waals surface area (Å²) in [6.07, 6.45) is 0.796. The number of carbonyl (C=O) groups excluding carboxylic acids is 1. The number of hydrogen-bond donors (Lipinski definition) is 1. The molecule has 0 saturated carbocycles. The molecule has 1 saturated heterocycles. The largest absolute Gasteiger partial charge is 0.497 e. The van der Waals surface area contributed by atoms with Gasteiger partial charge in [0.1, 0.15) is 5.75 Å². The molecule has 3 rings (SSSR count). The van der Waals surface area contributed by atoms with Crippen molar-refractivity contribution >= 4 is 27.4 Å². The zero-order valence-electron chi connectivity index (χ0n) is 16.1. The maximum absolute atomic E-state index is 13.1. The van der Waals surface area contributed by atoms with Crippen molar-refractivity contribution in [3.05, 3.63) is 54.1 Å². The molecule has 2 aromatic rings. The van der Waals surface area contributed by atoms with E-state index in [1.165, 1.54) is 7.11 Å². The number of urea groups is 1. The van der Waals surface area contributed by atoms with Crippen LogP contribution in [0.3, 0.4) is 0 Å². The molecule has 2 aromatic carbocycles. The summed E-state index contributed by atoms with van der Waals surface area (Å²) in [5.41, 5.74) is 1.93. The van der Waals surface area contributed by atoms with Crippen LogP contribution < -0.4 is 14.4 Å². The lowest BCUT2D eigenvalue weighted by Gasteiger charge is -2.36. The Labute approximate surface area is 166 Å². The molecule has 1 heterocycles. The van der Waals surface area contributed by atoms with Gasteiger partial charge in [-0.2, -0.15) is 0 Å². The summed E-state index contributed by atoms with van der Waals surface area (Å²) in [5, 5.41) is 0. The molecule has 0 aliphatic carbocycles. The van der Waals surface area contributed by atoms with E-state index < -0.39 is 10.0 Å². The Morgan fingerprint density at radius 3 is 2.54 bits per heavy atom. The lowest BCUT2D eigenvalue weighted by molar-refractivity contribution is 0.192. The number of sulfonamides is 1. The van der Waals surface area contributed by atoms with Gasteiger partial charge in [0.2, 0.25) is 10.0 Å². The smallest absolute Gasteiger partial charge is 0.324 e. The van der Waals surface area contributed by atoms with Crippen molar-refractivity contribution in [1.29, 1.82) is 0 Å². The first-order chi connectivity index (χ1) is 13.4. The molecule has 1 N–H and O–H groups in total. The topological polar surface area (TPSA) is 79.0 Å². The van der Waals surface area contributed by atoms with Crippen molar-refractivity contribution in [2.75, 3.05) is 35.6 Å². The first-order valence-electron chi connectivity index (χ1n) is 9.22. The van der Waals surface area contributed by atoms with Crippen LogP contribution in [-0.4, -0.2) is 45.3 Å². The average molecular weight is 404 g/mol. The maximum atomic E-state index is 13.1. The SMILES string of the molecule is CCS(=O)(=O)Nc1cc(OC)ccc1N1CCCN(Cc2ccccc2)C1=O. The molecule has 0 spiro atoms. The van der Waals surface area contributed by atoms with Crippen molar-refractivity contribution in [3.63, 3.8) is 0 Å². The highest BCUT2D eigenvalue weighted by molar-refractivity contribution is 7.92. The Bertz CT molecular complexity index is 932. The highest BCUT2D eigenvalue weighted by Gasteiger charge is 2.29. The molecule has 0 unspecified atom stereocenters. The third-order valence-corrected chi connectivity index (χ3v) is 5.96. The van der Waals surface area contributed by atoms with Gasteiger partial charge in [0.15, 0.2) is 0 Å². The molecule has 0 atom stereocenters.